The molecule has 0 aliphatic heterocycles. The summed E-state index contributed by atoms with van der Waals surface area (Å²) in [6.45, 7) is 4.49. The van der Waals surface area contributed by atoms with Crippen molar-refractivity contribution in [3.8, 4) is 11.5 Å². The number of methoxy groups -OCH3 is 1. The van der Waals surface area contributed by atoms with E-state index in [1.165, 1.54) is 17.7 Å². The molecule has 0 aliphatic rings. The highest BCUT2D eigenvalue weighted by atomic mass is 35.5. The van der Waals surface area contributed by atoms with Crippen LogP contribution in [0.2, 0.25) is 5.02 Å². The first-order chi connectivity index (χ1) is 15.5. The number of rotatable bonds is 11. The lowest BCUT2D eigenvalue weighted by Crippen LogP contribution is -2.21. The number of ether oxygens (including phenoxy) is 2. The second-order valence-corrected chi connectivity index (χ2v) is 7.69. The average molecular weight is 492 g/mol. The van der Waals surface area contributed by atoms with Crippen molar-refractivity contribution in [2.75, 3.05) is 25.5 Å². The number of aryl methyl sites for hydroxylation is 1. The molecule has 0 saturated heterocycles. The van der Waals surface area contributed by atoms with E-state index in [4.69, 9.17) is 21.1 Å². The predicted octanol–water partition coefficient (Wildman–Crippen LogP) is 5.77. The molecule has 7 nitrogen and oxygen atoms in total. The lowest BCUT2D eigenvalue weighted by atomic mass is 10.1. The van der Waals surface area contributed by atoms with Gasteiger partial charge in [-0.05, 0) is 36.2 Å². The monoisotopic (exact) mass is 491 g/mol. The van der Waals surface area contributed by atoms with Gasteiger partial charge < -0.3 is 20.1 Å². The maximum atomic E-state index is 10.8. The topological polar surface area (TPSA) is 85.7 Å². The Morgan fingerprint density at radius 1 is 0.970 bits per heavy atom. The number of nitro benzene ring substituents is 1. The van der Waals surface area contributed by atoms with Crippen LogP contribution in [0.3, 0.4) is 0 Å². The molecule has 0 atom stereocenters. The van der Waals surface area contributed by atoms with Crippen LogP contribution in [0.15, 0.2) is 60.7 Å². The summed E-state index contributed by atoms with van der Waals surface area (Å²) in [7, 11) is 1.63. The first-order valence-electron chi connectivity index (χ1n) is 10.2. The Kier molecular flexibility index (Phi) is 10.3. The van der Waals surface area contributed by atoms with E-state index >= 15 is 0 Å². The van der Waals surface area contributed by atoms with Crippen LogP contribution in [0, 0.1) is 17.0 Å². The van der Waals surface area contributed by atoms with Gasteiger partial charge in [-0.15, -0.1) is 12.4 Å². The van der Waals surface area contributed by atoms with Gasteiger partial charge in [0.05, 0.1) is 22.7 Å². The summed E-state index contributed by atoms with van der Waals surface area (Å²) < 4.78 is 11.4. The molecule has 0 bridgehead atoms. The Morgan fingerprint density at radius 2 is 1.70 bits per heavy atom. The third-order valence-corrected chi connectivity index (χ3v) is 5.17. The van der Waals surface area contributed by atoms with Gasteiger partial charge in [0.1, 0.15) is 6.61 Å². The van der Waals surface area contributed by atoms with E-state index in [2.05, 4.69) is 41.8 Å². The van der Waals surface area contributed by atoms with Crippen molar-refractivity contribution in [2.24, 2.45) is 0 Å². The Morgan fingerprint density at radius 3 is 2.36 bits per heavy atom. The van der Waals surface area contributed by atoms with Gasteiger partial charge in [0, 0.05) is 31.8 Å². The van der Waals surface area contributed by atoms with Crippen molar-refractivity contribution in [1.82, 2.24) is 5.32 Å². The van der Waals surface area contributed by atoms with Gasteiger partial charge >= 0.3 is 0 Å². The van der Waals surface area contributed by atoms with Gasteiger partial charge in [-0.1, -0.05) is 47.5 Å². The van der Waals surface area contributed by atoms with E-state index in [-0.39, 0.29) is 18.1 Å². The molecule has 0 aliphatic carbocycles. The summed E-state index contributed by atoms with van der Waals surface area (Å²) in [6, 6.07) is 18.5. The Hall–Kier alpha value is -3.00. The molecule has 0 heterocycles. The summed E-state index contributed by atoms with van der Waals surface area (Å²) in [5, 5.41) is 17.6. The molecule has 0 spiro atoms. The number of halogens is 2. The van der Waals surface area contributed by atoms with E-state index in [1.54, 1.807) is 13.2 Å². The Bertz CT molecular complexity index is 1060. The predicted molar refractivity (Wildman–Crippen MR) is 134 cm³/mol. The minimum Gasteiger partial charge on any atom is -0.493 e. The van der Waals surface area contributed by atoms with Crippen molar-refractivity contribution in [2.45, 2.75) is 20.1 Å². The molecule has 3 rings (SSSR count). The fourth-order valence-corrected chi connectivity index (χ4v) is 3.31. The normalized spacial score (nSPS) is 10.3. The minimum absolute atomic E-state index is 0. The first kappa shape index (κ1) is 26.3. The summed E-state index contributed by atoms with van der Waals surface area (Å²) in [6.07, 6.45) is 0. The van der Waals surface area contributed by atoms with E-state index in [0.717, 1.165) is 11.1 Å². The molecule has 0 amide bonds. The second kappa shape index (κ2) is 12.9. The molecule has 0 saturated carbocycles. The number of hydrogen-bond donors (Lipinski definition) is 2. The van der Waals surface area contributed by atoms with Gasteiger partial charge in [0.2, 0.25) is 0 Å². The van der Waals surface area contributed by atoms with Crippen LogP contribution in [0.1, 0.15) is 16.7 Å². The molecule has 0 unspecified atom stereocenters. The zero-order chi connectivity index (χ0) is 22.9. The number of nitrogens with zero attached hydrogens (tertiary/aromatic N) is 1. The van der Waals surface area contributed by atoms with Crippen LogP contribution in [-0.2, 0) is 13.2 Å². The third kappa shape index (κ3) is 7.82. The fraction of sp³-hybridized carbons (Fsp3) is 0.250. The number of benzene rings is 3. The third-order valence-electron chi connectivity index (χ3n) is 4.85. The SMILES string of the molecule is COc1cc(CNCCNc2ccc([N+](=O)[O-])cc2Cl)ccc1OCc1ccc(C)cc1.Cl. The highest BCUT2D eigenvalue weighted by Gasteiger charge is 2.09. The highest BCUT2D eigenvalue weighted by Crippen LogP contribution is 2.29. The molecule has 0 fully saturated rings. The van der Waals surface area contributed by atoms with Crippen LogP contribution >= 0.6 is 24.0 Å². The lowest BCUT2D eigenvalue weighted by Gasteiger charge is -2.13. The molecular weight excluding hydrogens is 465 g/mol. The molecule has 2 N–H and O–H groups in total. The second-order valence-electron chi connectivity index (χ2n) is 7.28. The minimum atomic E-state index is -0.468. The molecule has 3 aromatic rings. The van der Waals surface area contributed by atoms with E-state index in [1.807, 2.05) is 18.2 Å². The van der Waals surface area contributed by atoms with E-state index in [9.17, 15) is 10.1 Å². The number of hydrogen-bond acceptors (Lipinski definition) is 6. The standard InChI is InChI=1S/C24H26ClN3O4.ClH/c1-17-3-5-18(6-4-17)16-32-23-10-7-19(13-24(23)31-2)15-26-11-12-27-22-9-8-20(28(29)30)14-21(22)25;/h3-10,13-14,26-27H,11-12,15-16H2,1-2H3;1H. The highest BCUT2D eigenvalue weighted by molar-refractivity contribution is 6.33. The number of non-ortho nitro benzene ring substituents is 1. The maximum Gasteiger partial charge on any atom is 0.271 e. The smallest absolute Gasteiger partial charge is 0.271 e. The van der Waals surface area contributed by atoms with Crippen LogP contribution in [0.25, 0.3) is 0 Å². The van der Waals surface area contributed by atoms with Crippen molar-refractivity contribution in [3.05, 3.63) is 92.5 Å². The van der Waals surface area contributed by atoms with Crippen molar-refractivity contribution >= 4 is 35.4 Å². The molecule has 0 radical (unpaired) electrons. The molecule has 176 valence electrons. The lowest BCUT2D eigenvalue weighted by molar-refractivity contribution is -0.384. The largest absolute Gasteiger partial charge is 0.493 e. The van der Waals surface area contributed by atoms with Crippen LogP contribution in [0.5, 0.6) is 11.5 Å². The van der Waals surface area contributed by atoms with Crippen molar-refractivity contribution in [3.63, 3.8) is 0 Å². The summed E-state index contributed by atoms with van der Waals surface area (Å²) in [5.41, 5.74) is 4.02. The Balaban J connectivity index is 0.00000385. The molecule has 0 aromatic heterocycles. The zero-order valence-corrected chi connectivity index (χ0v) is 20.0. The number of anilines is 1. The zero-order valence-electron chi connectivity index (χ0n) is 18.5. The molecule has 9 heteroatoms. The molecule has 33 heavy (non-hydrogen) atoms. The summed E-state index contributed by atoms with van der Waals surface area (Å²) >= 11 is 6.09. The summed E-state index contributed by atoms with van der Waals surface area (Å²) in [5.74, 6) is 1.39. The average Bonchev–Trinajstić information content (AvgIpc) is 2.79. The van der Waals surface area contributed by atoms with Crippen LogP contribution < -0.4 is 20.1 Å². The van der Waals surface area contributed by atoms with Gasteiger partial charge in [-0.2, -0.15) is 0 Å². The van der Waals surface area contributed by atoms with E-state index in [0.29, 0.717) is 48.5 Å². The van der Waals surface area contributed by atoms with Gasteiger partial charge in [0.15, 0.2) is 11.5 Å². The maximum absolute atomic E-state index is 10.8. The van der Waals surface area contributed by atoms with Crippen LogP contribution in [0.4, 0.5) is 11.4 Å². The van der Waals surface area contributed by atoms with Crippen molar-refractivity contribution in [1.29, 1.82) is 0 Å². The van der Waals surface area contributed by atoms with E-state index < -0.39 is 4.92 Å². The number of nitro groups is 1. The Labute approximate surface area is 204 Å². The molecule has 3 aromatic carbocycles. The van der Waals surface area contributed by atoms with Gasteiger partial charge in [0.25, 0.3) is 5.69 Å². The first-order valence-corrected chi connectivity index (χ1v) is 10.6. The van der Waals surface area contributed by atoms with Crippen molar-refractivity contribution < 1.29 is 14.4 Å². The van der Waals surface area contributed by atoms with Gasteiger partial charge in [-0.25, -0.2) is 0 Å². The summed E-state index contributed by atoms with van der Waals surface area (Å²) in [4.78, 5) is 10.3. The number of nitrogens with one attached hydrogen (secondary N) is 2. The molecular formula is C24H27Cl2N3O4. The van der Waals surface area contributed by atoms with Crippen LogP contribution in [-0.4, -0.2) is 25.1 Å². The fourth-order valence-electron chi connectivity index (χ4n) is 3.07. The quantitative estimate of drug-likeness (QED) is 0.201. The van der Waals surface area contributed by atoms with Gasteiger partial charge in [-0.3, -0.25) is 10.1 Å².